The first-order valence-corrected chi connectivity index (χ1v) is 11.8. The van der Waals surface area contributed by atoms with Gasteiger partial charge in [-0.1, -0.05) is 66.7 Å². The van der Waals surface area contributed by atoms with Crippen LogP contribution >= 0.6 is 0 Å². The highest BCUT2D eigenvalue weighted by molar-refractivity contribution is 5.77. The Morgan fingerprint density at radius 1 is 0.861 bits per heavy atom. The molecule has 6 nitrogen and oxygen atoms in total. The molecule has 0 bridgehead atoms. The van der Waals surface area contributed by atoms with E-state index in [0.717, 1.165) is 23.3 Å². The molecule has 2 amide bonds. The Labute approximate surface area is 208 Å². The van der Waals surface area contributed by atoms with E-state index in [4.69, 9.17) is 9.47 Å². The van der Waals surface area contributed by atoms with Gasteiger partial charge >= 0.3 is 6.09 Å². The number of benzene rings is 3. The van der Waals surface area contributed by atoms with Gasteiger partial charge in [-0.25, -0.2) is 13.6 Å². The zero-order chi connectivity index (χ0) is 25.4. The van der Waals surface area contributed by atoms with Crippen molar-refractivity contribution in [1.29, 1.82) is 0 Å². The summed E-state index contributed by atoms with van der Waals surface area (Å²) >= 11 is 0. The number of carbonyl (C=O) groups excluding carboxylic acids is 2. The number of likely N-dealkylation sites (tertiary alicyclic amines) is 1. The van der Waals surface area contributed by atoms with E-state index >= 15 is 0 Å². The zero-order valence-corrected chi connectivity index (χ0v) is 19.8. The lowest BCUT2D eigenvalue weighted by molar-refractivity contribution is -0.141. The Morgan fingerprint density at radius 2 is 1.53 bits per heavy atom. The van der Waals surface area contributed by atoms with Crippen LogP contribution in [0.3, 0.4) is 0 Å². The van der Waals surface area contributed by atoms with Crippen LogP contribution < -0.4 is 5.32 Å². The van der Waals surface area contributed by atoms with Crippen LogP contribution in [0.1, 0.15) is 29.5 Å². The largest absolute Gasteiger partial charge is 0.438 e. The number of alkyl carbamates (subject to hydrolysis) is 1. The lowest BCUT2D eigenvalue weighted by Gasteiger charge is -2.41. The van der Waals surface area contributed by atoms with E-state index < -0.39 is 23.3 Å². The molecule has 1 aliphatic rings. The Hall–Kier alpha value is -3.78. The van der Waals surface area contributed by atoms with Crippen LogP contribution in [0.2, 0.25) is 0 Å². The summed E-state index contributed by atoms with van der Waals surface area (Å²) < 4.78 is 38.1. The highest BCUT2D eigenvalue weighted by atomic mass is 19.2. The van der Waals surface area contributed by atoms with E-state index in [1.807, 2.05) is 60.7 Å². The van der Waals surface area contributed by atoms with Gasteiger partial charge in [-0.05, 0) is 28.8 Å². The second-order valence-corrected chi connectivity index (χ2v) is 8.71. The van der Waals surface area contributed by atoms with Crippen molar-refractivity contribution in [3.63, 3.8) is 0 Å². The highest BCUT2D eigenvalue weighted by Gasteiger charge is 2.41. The number of ether oxygens (including phenoxy) is 2. The fraction of sp³-hybridized carbons (Fsp3) is 0.286. The molecule has 0 radical (unpaired) electrons. The summed E-state index contributed by atoms with van der Waals surface area (Å²) in [6.45, 7) is 1.13. The molecule has 0 unspecified atom stereocenters. The van der Waals surface area contributed by atoms with E-state index in [0.29, 0.717) is 38.1 Å². The van der Waals surface area contributed by atoms with Crippen molar-refractivity contribution >= 4 is 12.0 Å². The molecule has 1 saturated heterocycles. The van der Waals surface area contributed by atoms with Crippen LogP contribution in [0.15, 0.2) is 78.9 Å². The van der Waals surface area contributed by atoms with Gasteiger partial charge in [0.05, 0.1) is 6.61 Å². The van der Waals surface area contributed by atoms with Gasteiger partial charge in [-0.3, -0.25) is 4.79 Å². The molecular weight excluding hydrogens is 466 g/mol. The zero-order valence-electron chi connectivity index (χ0n) is 19.8. The molecule has 0 atom stereocenters. The number of hydrogen-bond acceptors (Lipinski definition) is 4. The molecular formula is C28H28F2N2O4. The molecule has 0 aromatic heterocycles. The number of hydrogen-bond donors (Lipinski definition) is 1. The first kappa shape index (κ1) is 25.3. The van der Waals surface area contributed by atoms with Crippen LogP contribution in [-0.4, -0.2) is 36.6 Å². The number of halogens is 2. The van der Waals surface area contributed by atoms with Crippen molar-refractivity contribution in [3.05, 3.63) is 107 Å². The molecule has 0 aliphatic carbocycles. The maximum atomic E-state index is 13.5. The smallest absolute Gasteiger partial charge is 0.408 e. The molecule has 1 fully saturated rings. The molecule has 4 rings (SSSR count). The number of piperidine rings is 1. The lowest BCUT2D eigenvalue weighted by atomic mass is 9.84. The molecule has 1 heterocycles. The normalized spacial score (nSPS) is 14.8. The van der Waals surface area contributed by atoms with Crippen LogP contribution in [0.4, 0.5) is 13.6 Å². The summed E-state index contributed by atoms with van der Waals surface area (Å²) in [5, 5.41) is 2.61. The summed E-state index contributed by atoms with van der Waals surface area (Å²) in [6.07, 6.45) is 0.162. The third kappa shape index (κ3) is 6.46. The second kappa shape index (κ2) is 11.8. The molecule has 36 heavy (non-hydrogen) atoms. The number of carbonyl (C=O) groups is 2. The summed E-state index contributed by atoms with van der Waals surface area (Å²) in [5.74, 6) is -2.04. The number of nitrogens with zero attached hydrogens (tertiary/aromatic N) is 1. The van der Waals surface area contributed by atoms with Gasteiger partial charge in [0, 0.05) is 32.5 Å². The van der Waals surface area contributed by atoms with Gasteiger partial charge in [-0.15, -0.1) is 0 Å². The predicted molar refractivity (Wildman–Crippen MR) is 130 cm³/mol. The van der Waals surface area contributed by atoms with Crippen molar-refractivity contribution in [2.45, 2.75) is 31.6 Å². The van der Waals surface area contributed by atoms with Gasteiger partial charge < -0.3 is 19.7 Å². The van der Waals surface area contributed by atoms with Gasteiger partial charge in [0.25, 0.3) is 0 Å². The minimum absolute atomic E-state index is 0.00966. The average Bonchev–Trinajstić information content (AvgIpc) is 2.91. The first-order valence-electron chi connectivity index (χ1n) is 11.8. The van der Waals surface area contributed by atoms with Crippen LogP contribution in [0, 0.1) is 11.6 Å². The van der Waals surface area contributed by atoms with Crippen molar-refractivity contribution < 1.29 is 27.8 Å². The van der Waals surface area contributed by atoms with Crippen LogP contribution in [-0.2, 0) is 33.0 Å². The summed E-state index contributed by atoms with van der Waals surface area (Å²) in [6, 6.07) is 22.5. The highest BCUT2D eigenvalue weighted by Crippen LogP contribution is 2.37. The molecule has 188 valence electrons. The lowest BCUT2D eigenvalue weighted by Crippen LogP contribution is -2.49. The van der Waals surface area contributed by atoms with Crippen molar-refractivity contribution in [1.82, 2.24) is 10.2 Å². The molecule has 0 spiro atoms. The third-order valence-electron chi connectivity index (χ3n) is 6.27. The summed E-state index contributed by atoms with van der Waals surface area (Å²) in [4.78, 5) is 27.1. The van der Waals surface area contributed by atoms with Gasteiger partial charge in [0.2, 0.25) is 5.91 Å². The van der Waals surface area contributed by atoms with Gasteiger partial charge in [0.1, 0.15) is 12.2 Å². The topological polar surface area (TPSA) is 67.9 Å². The Balaban J connectivity index is 1.34. The molecule has 3 aromatic carbocycles. The fourth-order valence-corrected chi connectivity index (χ4v) is 4.27. The van der Waals surface area contributed by atoms with E-state index in [1.54, 1.807) is 4.90 Å². The second-order valence-electron chi connectivity index (χ2n) is 8.71. The minimum atomic E-state index is -0.979. The Morgan fingerprint density at radius 3 is 2.19 bits per heavy atom. The Kier molecular flexibility index (Phi) is 8.28. The summed E-state index contributed by atoms with van der Waals surface area (Å²) in [7, 11) is 0. The van der Waals surface area contributed by atoms with E-state index in [2.05, 4.69) is 5.32 Å². The predicted octanol–water partition coefficient (Wildman–Crippen LogP) is 4.93. The molecule has 0 saturated carbocycles. The molecule has 1 N–H and O–H groups in total. The fourth-order valence-electron chi connectivity index (χ4n) is 4.27. The SMILES string of the molecule is O=C(NCc1ccc(F)c(F)c1)OC1(c2ccccc2)CCN(C(=O)COCc2ccccc2)CC1. The first-order chi connectivity index (χ1) is 17.4. The van der Waals surface area contributed by atoms with Crippen molar-refractivity contribution in [3.8, 4) is 0 Å². The minimum Gasteiger partial charge on any atom is -0.438 e. The maximum Gasteiger partial charge on any atom is 0.408 e. The Bertz CT molecular complexity index is 1170. The van der Waals surface area contributed by atoms with E-state index in [1.165, 1.54) is 6.07 Å². The molecule has 8 heteroatoms. The average molecular weight is 495 g/mol. The quantitative estimate of drug-likeness (QED) is 0.483. The standard InChI is InChI=1S/C28H28F2N2O4/c29-24-12-11-22(17-25(24)30)18-31-27(34)36-28(23-9-5-2-6-10-23)13-15-32(16-14-28)26(33)20-35-19-21-7-3-1-4-8-21/h1-12,17H,13-16,18-20H2,(H,31,34). The molecule has 3 aromatic rings. The third-order valence-corrected chi connectivity index (χ3v) is 6.27. The summed E-state index contributed by atoms with van der Waals surface area (Å²) in [5.41, 5.74) is 1.33. The number of amides is 2. The maximum absolute atomic E-state index is 13.5. The van der Waals surface area contributed by atoms with Crippen molar-refractivity contribution in [2.75, 3.05) is 19.7 Å². The molecule has 1 aliphatic heterocycles. The van der Waals surface area contributed by atoms with E-state index in [9.17, 15) is 18.4 Å². The van der Waals surface area contributed by atoms with Crippen molar-refractivity contribution in [2.24, 2.45) is 0 Å². The monoisotopic (exact) mass is 494 g/mol. The number of rotatable bonds is 8. The van der Waals surface area contributed by atoms with Gasteiger partial charge in [0.15, 0.2) is 11.6 Å². The van der Waals surface area contributed by atoms with Gasteiger partial charge in [-0.2, -0.15) is 0 Å². The number of nitrogens with one attached hydrogen (secondary N) is 1. The van der Waals surface area contributed by atoms with E-state index in [-0.39, 0.29) is 19.1 Å². The van der Waals surface area contributed by atoms with Crippen LogP contribution in [0.25, 0.3) is 0 Å². The van der Waals surface area contributed by atoms with Crippen LogP contribution in [0.5, 0.6) is 0 Å².